The van der Waals surface area contributed by atoms with Gasteiger partial charge in [0.05, 0.1) is 0 Å². The second kappa shape index (κ2) is 5.37. The second-order valence-corrected chi connectivity index (χ2v) is 7.64. The van der Waals surface area contributed by atoms with E-state index < -0.39 is 0 Å². The maximum atomic E-state index is 3.71. The summed E-state index contributed by atoms with van der Waals surface area (Å²) in [6.07, 6.45) is 15.0. The van der Waals surface area contributed by atoms with Crippen LogP contribution in [0.3, 0.4) is 0 Å². The zero-order valence-electron chi connectivity index (χ0n) is 12.3. The first-order valence-corrected chi connectivity index (χ1v) is 8.89. The van der Waals surface area contributed by atoms with Gasteiger partial charge in [-0.3, -0.25) is 4.90 Å². The molecule has 108 valence electrons. The van der Waals surface area contributed by atoms with Crippen molar-refractivity contribution in [2.45, 2.75) is 82.3 Å². The minimum Gasteiger partial charge on any atom is -0.313 e. The van der Waals surface area contributed by atoms with E-state index in [9.17, 15) is 0 Å². The fraction of sp³-hybridized carbons (Fsp3) is 1.00. The van der Waals surface area contributed by atoms with E-state index in [-0.39, 0.29) is 0 Å². The topological polar surface area (TPSA) is 15.3 Å². The van der Waals surface area contributed by atoms with Gasteiger partial charge in [-0.15, -0.1) is 0 Å². The molecule has 3 aliphatic carbocycles. The minimum atomic E-state index is 0.807. The van der Waals surface area contributed by atoms with Gasteiger partial charge in [0.1, 0.15) is 0 Å². The lowest BCUT2D eigenvalue weighted by Crippen LogP contribution is -2.46. The Hall–Kier alpha value is -0.0800. The summed E-state index contributed by atoms with van der Waals surface area (Å²) >= 11 is 0. The lowest BCUT2D eigenvalue weighted by molar-refractivity contribution is 0.106. The highest BCUT2D eigenvalue weighted by atomic mass is 15.2. The van der Waals surface area contributed by atoms with Crippen molar-refractivity contribution in [1.29, 1.82) is 0 Å². The van der Waals surface area contributed by atoms with Crippen molar-refractivity contribution in [2.75, 3.05) is 13.1 Å². The Morgan fingerprint density at radius 1 is 0.789 bits per heavy atom. The van der Waals surface area contributed by atoms with Gasteiger partial charge in [-0.25, -0.2) is 0 Å². The summed E-state index contributed by atoms with van der Waals surface area (Å²) in [4.78, 5) is 2.94. The first-order valence-electron chi connectivity index (χ1n) is 8.89. The van der Waals surface area contributed by atoms with Gasteiger partial charge < -0.3 is 5.32 Å². The minimum absolute atomic E-state index is 0.807. The molecule has 1 aliphatic heterocycles. The van der Waals surface area contributed by atoms with Crippen LogP contribution in [0.15, 0.2) is 0 Å². The number of rotatable bonds is 5. The molecule has 3 saturated carbocycles. The highest BCUT2D eigenvalue weighted by molar-refractivity contribution is 4.95. The Balaban J connectivity index is 1.38. The van der Waals surface area contributed by atoms with Crippen molar-refractivity contribution < 1.29 is 0 Å². The molecule has 19 heavy (non-hydrogen) atoms. The third kappa shape index (κ3) is 3.00. The molecule has 1 saturated heterocycles. The van der Waals surface area contributed by atoms with Gasteiger partial charge in [0, 0.05) is 24.7 Å². The maximum absolute atomic E-state index is 3.71. The molecule has 0 aromatic carbocycles. The predicted octanol–water partition coefficient (Wildman–Crippen LogP) is 3.17. The van der Waals surface area contributed by atoms with Crippen molar-refractivity contribution in [3.05, 3.63) is 0 Å². The van der Waals surface area contributed by atoms with Gasteiger partial charge in [-0.05, 0) is 69.7 Å². The molecule has 0 radical (unpaired) electrons. The van der Waals surface area contributed by atoms with Gasteiger partial charge >= 0.3 is 0 Å². The number of nitrogens with one attached hydrogen (secondary N) is 1. The lowest BCUT2D eigenvalue weighted by atomic mass is 9.82. The van der Waals surface area contributed by atoms with Gasteiger partial charge in [0.25, 0.3) is 0 Å². The summed E-state index contributed by atoms with van der Waals surface area (Å²) in [5.41, 5.74) is 0. The normalized spacial score (nSPS) is 39.9. The Morgan fingerprint density at radius 3 is 2.37 bits per heavy atom. The highest BCUT2D eigenvalue weighted by Gasteiger charge is 2.40. The van der Waals surface area contributed by atoms with Crippen LogP contribution in [0.4, 0.5) is 0 Å². The Labute approximate surface area is 118 Å². The Bertz CT molecular complexity index is 302. The average Bonchev–Trinajstić information content (AvgIpc) is 3.36. The summed E-state index contributed by atoms with van der Waals surface area (Å²) in [6.45, 7) is 2.62. The predicted molar refractivity (Wildman–Crippen MR) is 79.2 cm³/mol. The molecule has 2 heteroatoms. The summed E-state index contributed by atoms with van der Waals surface area (Å²) in [5.74, 6) is 2.23. The molecule has 0 aromatic rings. The summed E-state index contributed by atoms with van der Waals surface area (Å²) in [6, 6.07) is 2.71. The molecule has 0 bridgehead atoms. The van der Waals surface area contributed by atoms with Crippen molar-refractivity contribution in [2.24, 2.45) is 11.8 Å². The van der Waals surface area contributed by atoms with E-state index in [0.717, 1.165) is 30.0 Å². The first kappa shape index (κ1) is 12.6. The fourth-order valence-electron chi connectivity index (χ4n) is 4.67. The average molecular weight is 262 g/mol. The Kier molecular flexibility index (Phi) is 3.57. The molecule has 1 heterocycles. The van der Waals surface area contributed by atoms with E-state index in [1.165, 1.54) is 58.0 Å². The monoisotopic (exact) mass is 262 g/mol. The smallest absolute Gasteiger partial charge is 0.0195 e. The third-order valence-corrected chi connectivity index (χ3v) is 6.05. The molecule has 4 aliphatic rings. The molecular weight excluding hydrogens is 232 g/mol. The van der Waals surface area contributed by atoms with Crippen LogP contribution in [0.25, 0.3) is 0 Å². The molecule has 0 aromatic heterocycles. The zero-order valence-corrected chi connectivity index (χ0v) is 12.3. The zero-order chi connectivity index (χ0) is 12.7. The van der Waals surface area contributed by atoms with E-state index in [2.05, 4.69) is 10.2 Å². The van der Waals surface area contributed by atoms with Crippen molar-refractivity contribution >= 4 is 0 Å². The molecule has 0 spiro atoms. The van der Waals surface area contributed by atoms with Crippen LogP contribution >= 0.6 is 0 Å². The summed E-state index contributed by atoms with van der Waals surface area (Å²) in [7, 11) is 0. The van der Waals surface area contributed by atoms with Gasteiger partial charge in [0.15, 0.2) is 0 Å². The van der Waals surface area contributed by atoms with Crippen LogP contribution in [-0.2, 0) is 0 Å². The number of hydrogen-bond donors (Lipinski definition) is 1. The molecule has 2 nitrogen and oxygen atoms in total. The maximum Gasteiger partial charge on any atom is 0.0195 e. The third-order valence-electron chi connectivity index (χ3n) is 6.05. The molecular formula is C17H30N2. The molecule has 3 atom stereocenters. The highest BCUT2D eigenvalue weighted by Crippen LogP contribution is 2.46. The van der Waals surface area contributed by atoms with Gasteiger partial charge in [0.2, 0.25) is 0 Å². The molecule has 3 unspecified atom stereocenters. The molecule has 0 amide bonds. The molecule has 4 fully saturated rings. The van der Waals surface area contributed by atoms with E-state index in [1.807, 2.05) is 0 Å². The van der Waals surface area contributed by atoms with E-state index in [1.54, 1.807) is 19.3 Å². The van der Waals surface area contributed by atoms with Crippen LogP contribution in [-0.4, -0.2) is 36.1 Å². The first-order chi connectivity index (χ1) is 9.40. The van der Waals surface area contributed by atoms with Gasteiger partial charge in [-0.1, -0.05) is 12.8 Å². The van der Waals surface area contributed by atoms with Crippen LogP contribution < -0.4 is 5.32 Å². The van der Waals surface area contributed by atoms with Crippen LogP contribution in [0.2, 0.25) is 0 Å². The van der Waals surface area contributed by atoms with Crippen molar-refractivity contribution in [1.82, 2.24) is 10.2 Å². The second-order valence-electron chi connectivity index (χ2n) is 7.64. The summed E-state index contributed by atoms with van der Waals surface area (Å²) < 4.78 is 0. The van der Waals surface area contributed by atoms with Crippen LogP contribution in [0, 0.1) is 11.8 Å². The quantitative estimate of drug-likeness (QED) is 0.818. The number of nitrogens with zero attached hydrogens (tertiary/aromatic N) is 1. The van der Waals surface area contributed by atoms with Crippen molar-refractivity contribution in [3.63, 3.8) is 0 Å². The van der Waals surface area contributed by atoms with Gasteiger partial charge in [-0.2, -0.15) is 0 Å². The Morgan fingerprint density at radius 2 is 1.68 bits per heavy atom. The van der Waals surface area contributed by atoms with E-state index >= 15 is 0 Å². The van der Waals surface area contributed by atoms with Crippen LogP contribution in [0.5, 0.6) is 0 Å². The van der Waals surface area contributed by atoms with E-state index in [0.29, 0.717) is 0 Å². The molecule has 4 rings (SSSR count). The SMILES string of the molecule is C1CNC(CN(C2CC2)C2CCCC(C3CC3)C2)C1. The number of hydrogen-bond acceptors (Lipinski definition) is 2. The lowest BCUT2D eigenvalue weighted by Gasteiger charge is -2.39. The summed E-state index contributed by atoms with van der Waals surface area (Å²) in [5, 5.41) is 3.71. The largest absolute Gasteiger partial charge is 0.313 e. The molecule has 1 N–H and O–H groups in total. The van der Waals surface area contributed by atoms with E-state index in [4.69, 9.17) is 0 Å². The fourth-order valence-corrected chi connectivity index (χ4v) is 4.67. The van der Waals surface area contributed by atoms with Crippen LogP contribution in [0.1, 0.15) is 64.2 Å². The standard InChI is InChI=1S/C17H30N2/c1-3-14(13-6-7-13)11-17(5-1)19(16-8-9-16)12-15-4-2-10-18-15/h13-18H,1-12H2. The van der Waals surface area contributed by atoms with Crippen molar-refractivity contribution in [3.8, 4) is 0 Å².